The molecule has 13 heteroatoms. The molecule has 194 valence electrons. The van der Waals surface area contributed by atoms with Crippen molar-refractivity contribution in [1.82, 2.24) is 9.13 Å². The van der Waals surface area contributed by atoms with Crippen LogP contribution in [0.5, 0.6) is 0 Å². The number of hydrogen-bond donors (Lipinski definition) is 0. The molecule has 0 spiro atoms. The maximum atomic E-state index is 11.4. The summed E-state index contributed by atoms with van der Waals surface area (Å²) in [5, 5.41) is -5.48. The molecule has 0 atom stereocenters. The highest BCUT2D eigenvalue weighted by atomic mass is 35.5. The van der Waals surface area contributed by atoms with E-state index in [1.807, 2.05) is 0 Å². The minimum Gasteiger partial charge on any atom is -1.00 e. The number of imidazole rings is 2. The average Bonchev–Trinajstić information content (AvgIpc) is 3.20. The van der Waals surface area contributed by atoms with Gasteiger partial charge in [0.05, 0.1) is 27.2 Å². The van der Waals surface area contributed by atoms with Gasteiger partial charge in [-0.3, -0.25) is 0 Å². The van der Waals surface area contributed by atoms with Gasteiger partial charge >= 0.3 is 11.7 Å². The Morgan fingerprint density at radius 2 is 1.27 bits per heavy atom. The van der Waals surface area contributed by atoms with Crippen LogP contribution in [0.2, 0.25) is 0 Å². The van der Waals surface area contributed by atoms with Crippen molar-refractivity contribution in [2.45, 2.75) is 78.1 Å². The van der Waals surface area contributed by atoms with E-state index in [0.717, 1.165) is 13.1 Å². The minimum absolute atomic E-state index is 0. The van der Waals surface area contributed by atoms with E-state index in [0.29, 0.717) is 0 Å². The Hall–Kier alpha value is -1.66. The Labute approximate surface area is 200 Å². The fraction of sp³-hybridized carbons (Fsp3) is 0.700. The minimum atomic E-state index is -6.23. The van der Waals surface area contributed by atoms with Crippen molar-refractivity contribution < 1.29 is 52.1 Å². The first kappa shape index (κ1) is 33.5. The first-order valence-electron chi connectivity index (χ1n) is 10.3. The molecule has 2 heterocycles. The maximum absolute atomic E-state index is 11.4. The van der Waals surface area contributed by atoms with Gasteiger partial charge in [0, 0.05) is 13.8 Å². The van der Waals surface area contributed by atoms with E-state index in [4.69, 9.17) is 0 Å². The molecule has 33 heavy (non-hydrogen) atoms. The lowest BCUT2D eigenvalue weighted by molar-refractivity contribution is -0.702. The molecule has 2 aromatic heterocycles. The molecule has 0 aliphatic rings. The summed E-state index contributed by atoms with van der Waals surface area (Å²) in [4.78, 5) is 0. The molecule has 0 unspecified atom stereocenters. The summed E-state index contributed by atoms with van der Waals surface area (Å²) in [5.41, 5.74) is 0. The zero-order valence-corrected chi connectivity index (χ0v) is 21.5. The lowest BCUT2D eigenvalue weighted by atomic mass is 10.3. The van der Waals surface area contributed by atoms with Crippen molar-refractivity contribution in [3.05, 3.63) is 36.4 Å². The molecule has 2 aromatic rings. The SMILES string of the molecule is CCCC[n+]1ccn(C)c1C.CCCC[n+]1ccn(C)c1C.O=S(=O)([O-])C(F)(F)C(F)F.[Cl-]. The van der Waals surface area contributed by atoms with Crippen LogP contribution in [-0.4, -0.2) is 33.8 Å². The maximum Gasteiger partial charge on any atom is 0.393 e. The van der Waals surface area contributed by atoms with Crippen LogP contribution in [0.1, 0.15) is 51.2 Å². The summed E-state index contributed by atoms with van der Waals surface area (Å²) >= 11 is 0. The number of hydrogen-bond acceptors (Lipinski definition) is 3. The average molecular weight is 523 g/mol. The summed E-state index contributed by atoms with van der Waals surface area (Å²) in [6.45, 7) is 11.1. The molecule has 0 aliphatic heterocycles. The Morgan fingerprint density at radius 3 is 1.42 bits per heavy atom. The second kappa shape index (κ2) is 15.3. The molecular weight excluding hydrogens is 488 g/mol. The van der Waals surface area contributed by atoms with Gasteiger partial charge in [-0.05, 0) is 12.8 Å². The van der Waals surface area contributed by atoms with E-state index >= 15 is 0 Å². The van der Waals surface area contributed by atoms with Gasteiger partial charge < -0.3 is 17.0 Å². The molecule has 0 bridgehead atoms. The number of nitrogens with zero attached hydrogens (tertiary/aromatic N) is 4. The second-order valence-electron chi connectivity index (χ2n) is 7.32. The van der Waals surface area contributed by atoms with E-state index in [1.165, 1.54) is 37.3 Å². The highest BCUT2D eigenvalue weighted by Gasteiger charge is 2.48. The fourth-order valence-electron chi connectivity index (χ4n) is 2.44. The molecule has 0 radical (unpaired) electrons. The quantitative estimate of drug-likeness (QED) is 0.283. The zero-order valence-electron chi connectivity index (χ0n) is 19.9. The molecule has 0 fully saturated rings. The Morgan fingerprint density at radius 1 is 0.939 bits per heavy atom. The molecule has 0 aromatic carbocycles. The van der Waals surface area contributed by atoms with Crippen molar-refractivity contribution in [2.24, 2.45) is 14.1 Å². The lowest BCUT2D eigenvalue weighted by Crippen LogP contribution is -3.00. The van der Waals surface area contributed by atoms with Crippen LogP contribution in [-0.2, 0) is 37.3 Å². The number of aromatic nitrogens is 4. The summed E-state index contributed by atoms with van der Waals surface area (Å²) < 4.78 is 81.6. The molecule has 0 N–H and O–H groups in total. The van der Waals surface area contributed by atoms with Crippen LogP contribution in [0.25, 0.3) is 0 Å². The van der Waals surface area contributed by atoms with Crippen LogP contribution in [0.3, 0.4) is 0 Å². The van der Waals surface area contributed by atoms with Crippen LogP contribution in [0.4, 0.5) is 17.6 Å². The van der Waals surface area contributed by atoms with E-state index in [2.05, 4.69) is 84.8 Å². The molecule has 0 saturated carbocycles. The summed E-state index contributed by atoms with van der Waals surface area (Å²) in [7, 11) is -2.07. The summed E-state index contributed by atoms with van der Waals surface area (Å²) in [5.74, 6) is 2.66. The van der Waals surface area contributed by atoms with Crippen molar-refractivity contribution in [3.63, 3.8) is 0 Å². The van der Waals surface area contributed by atoms with E-state index in [9.17, 15) is 30.5 Å². The first-order valence-corrected chi connectivity index (χ1v) is 11.8. The van der Waals surface area contributed by atoms with Crippen molar-refractivity contribution in [2.75, 3.05) is 0 Å². The van der Waals surface area contributed by atoms with Gasteiger partial charge in [0.1, 0.15) is 24.8 Å². The van der Waals surface area contributed by atoms with Gasteiger partial charge in [-0.25, -0.2) is 35.5 Å². The Kier molecular flexibility index (Phi) is 15.5. The highest BCUT2D eigenvalue weighted by molar-refractivity contribution is 7.86. The van der Waals surface area contributed by atoms with Gasteiger partial charge in [-0.15, -0.1) is 0 Å². The van der Waals surface area contributed by atoms with Crippen LogP contribution >= 0.6 is 0 Å². The highest BCUT2D eigenvalue weighted by Crippen LogP contribution is 2.27. The molecule has 0 saturated heterocycles. The van der Waals surface area contributed by atoms with E-state index in [-0.39, 0.29) is 12.4 Å². The Bertz CT molecular complexity index is 868. The van der Waals surface area contributed by atoms with Gasteiger partial charge in [0.2, 0.25) is 0 Å². The zero-order chi connectivity index (χ0) is 25.1. The predicted molar refractivity (Wildman–Crippen MR) is 111 cm³/mol. The number of aryl methyl sites for hydroxylation is 4. The van der Waals surface area contributed by atoms with Crippen molar-refractivity contribution >= 4 is 10.1 Å². The van der Waals surface area contributed by atoms with Crippen LogP contribution in [0.15, 0.2) is 24.8 Å². The number of alkyl halides is 4. The second-order valence-corrected chi connectivity index (χ2v) is 8.78. The van der Waals surface area contributed by atoms with E-state index < -0.39 is 21.8 Å². The number of halogens is 5. The summed E-state index contributed by atoms with van der Waals surface area (Å²) in [6, 6.07) is 0. The third-order valence-corrected chi connectivity index (χ3v) is 5.73. The monoisotopic (exact) mass is 522 g/mol. The fourth-order valence-corrected chi connectivity index (χ4v) is 2.65. The van der Waals surface area contributed by atoms with E-state index in [1.54, 1.807) is 0 Å². The van der Waals surface area contributed by atoms with Crippen molar-refractivity contribution in [1.29, 1.82) is 0 Å². The van der Waals surface area contributed by atoms with Crippen LogP contribution in [0, 0.1) is 13.8 Å². The third kappa shape index (κ3) is 10.9. The molecule has 7 nitrogen and oxygen atoms in total. The first-order chi connectivity index (χ1) is 14.7. The largest absolute Gasteiger partial charge is 1.00 e. The normalized spacial score (nSPS) is 11.3. The topological polar surface area (TPSA) is 74.8 Å². The van der Waals surface area contributed by atoms with Gasteiger partial charge in [0.15, 0.2) is 10.1 Å². The molecule has 0 amide bonds. The molecular formula is C20H35ClF4N4O3S. The van der Waals surface area contributed by atoms with Gasteiger partial charge in [0.25, 0.3) is 11.6 Å². The lowest BCUT2D eigenvalue weighted by Gasteiger charge is -2.17. The van der Waals surface area contributed by atoms with Crippen molar-refractivity contribution in [3.8, 4) is 0 Å². The molecule has 0 aliphatic carbocycles. The smallest absolute Gasteiger partial charge is 0.393 e. The third-order valence-electron chi connectivity index (χ3n) is 4.89. The summed E-state index contributed by atoms with van der Waals surface area (Å²) in [6.07, 6.45) is 9.09. The standard InChI is InChI=1S/2C9H17N2.C2H2F4O3S.ClH/c2*1-4-5-6-11-8-7-10(3)9(11)2;3-1(4)2(5,6)10(7,8)9;/h2*7-8H,4-6H2,1-3H3;1H,(H,7,8,9);1H/q2*+1;;/p-2. The number of unbranched alkanes of at least 4 members (excludes halogenated alkanes) is 2. The van der Waals surface area contributed by atoms with Crippen LogP contribution < -0.4 is 21.5 Å². The molecule has 2 rings (SSSR count). The van der Waals surface area contributed by atoms with Gasteiger partial charge in [-0.1, -0.05) is 26.7 Å². The Balaban J connectivity index is 0. The predicted octanol–water partition coefficient (Wildman–Crippen LogP) is 0.236. The number of rotatable bonds is 8. The van der Waals surface area contributed by atoms with Gasteiger partial charge in [-0.2, -0.15) is 8.78 Å².